The third-order valence-corrected chi connectivity index (χ3v) is 5.87. The van der Waals surface area contributed by atoms with Crippen LogP contribution in [0.25, 0.3) is 0 Å². The van der Waals surface area contributed by atoms with Gasteiger partial charge in [0.1, 0.15) is 11.8 Å². The van der Waals surface area contributed by atoms with Gasteiger partial charge in [-0.15, -0.1) is 0 Å². The van der Waals surface area contributed by atoms with Crippen molar-refractivity contribution in [3.63, 3.8) is 0 Å². The van der Waals surface area contributed by atoms with Gasteiger partial charge in [0.25, 0.3) is 0 Å². The van der Waals surface area contributed by atoms with Gasteiger partial charge in [0.15, 0.2) is 0 Å². The molecule has 0 saturated heterocycles. The molecule has 0 spiro atoms. The predicted octanol–water partition coefficient (Wildman–Crippen LogP) is 3.61. The van der Waals surface area contributed by atoms with E-state index in [9.17, 15) is 13.2 Å². The Labute approximate surface area is 177 Å². The number of carbonyl (C=O) groups is 1. The Morgan fingerprint density at radius 3 is 2.10 bits per heavy atom. The summed E-state index contributed by atoms with van der Waals surface area (Å²) in [7, 11) is -3.86. The zero-order valence-corrected chi connectivity index (χ0v) is 17.4. The van der Waals surface area contributed by atoms with Crippen molar-refractivity contribution in [1.29, 1.82) is 0 Å². The predicted molar refractivity (Wildman–Crippen MR) is 117 cm³/mol. The van der Waals surface area contributed by atoms with Crippen molar-refractivity contribution in [3.8, 4) is 5.75 Å². The van der Waals surface area contributed by atoms with Crippen LogP contribution in [0.4, 0.5) is 5.69 Å². The third-order valence-electron chi connectivity index (χ3n) is 4.38. The monoisotopic (exact) mass is 424 g/mol. The molecule has 0 unspecified atom stereocenters. The van der Waals surface area contributed by atoms with E-state index in [1.165, 1.54) is 12.1 Å². The van der Waals surface area contributed by atoms with E-state index in [0.29, 0.717) is 18.0 Å². The quantitative estimate of drug-likeness (QED) is 0.550. The third kappa shape index (κ3) is 5.92. The summed E-state index contributed by atoms with van der Waals surface area (Å²) in [6, 6.07) is 23.2. The van der Waals surface area contributed by atoms with E-state index in [2.05, 4.69) is 10.0 Å². The number of benzene rings is 3. The van der Waals surface area contributed by atoms with E-state index >= 15 is 0 Å². The van der Waals surface area contributed by atoms with Crippen LogP contribution in [0.15, 0.2) is 89.8 Å². The van der Waals surface area contributed by atoms with Gasteiger partial charge in [-0.25, -0.2) is 8.42 Å². The molecule has 0 aromatic heterocycles. The van der Waals surface area contributed by atoms with Crippen molar-refractivity contribution in [3.05, 3.63) is 90.5 Å². The number of nitrogens with one attached hydrogen (secondary N) is 2. The summed E-state index contributed by atoms with van der Waals surface area (Å²) in [5, 5.41) is 2.78. The summed E-state index contributed by atoms with van der Waals surface area (Å²) in [6.45, 7) is 2.44. The molecule has 0 radical (unpaired) electrons. The molecule has 0 aliphatic heterocycles. The highest BCUT2D eigenvalue weighted by molar-refractivity contribution is 7.89. The Kier molecular flexibility index (Phi) is 7.21. The molecule has 0 aliphatic carbocycles. The molecule has 0 fully saturated rings. The van der Waals surface area contributed by atoms with Crippen LogP contribution in [0.2, 0.25) is 0 Å². The van der Waals surface area contributed by atoms with Crippen molar-refractivity contribution in [2.24, 2.45) is 0 Å². The number of amides is 1. The van der Waals surface area contributed by atoms with Crippen LogP contribution in [-0.4, -0.2) is 27.0 Å². The zero-order chi connectivity index (χ0) is 21.4. The molecule has 6 nitrogen and oxygen atoms in total. The SMILES string of the molecule is CCOc1ccc(NC(=O)[C@@H](Cc2ccccc2)NS(=O)(=O)c2ccccc2)cc1. The molecular formula is C23H24N2O4S. The van der Waals surface area contributed by atoms with Gasteiger partial charge in [-0.2, -0.15) is 4.72 Å². The molecule has 156 valence electrons. The smallest absolute Gasteiger partial charge is 0.242 e. The minimum Gasteiger partial charge on any atom is -0.494 e. The van der Waals surface area contributed by atoms with Crippen LogP contribution in [0.1, 0.15) is 12.5 Å². The Bertz CT molecular complexity index is 1050. The van der Waals surface area contributed by atoms with Crippen molar-refractivity contribution < 1.29 is 17.9 Å². The van der Waals surface area contributed by atoms with Gasteiger partial charge in [0.2, 0.25) is 15.9 Å². The molecular weight excluding hydrogens is 400 g/mol. The van der Waals surface area contributed by atoms with Gasteiger partial charge in [-0.05, 0) is 55.3 Å². The fourth-order valence-corrected chi connectivity index (χ4v) is 4.14. The van der Waals surface area contributed by atoms with E-state index in [1.54, 1.807) is 42.5 Å². The van der Waals surface area contributed by atoms with Gasteiger partial charge in [0, 0.05) is 5.69 Å². The summed E-state index contributed by atoms with van der Waals surface area (Å²) < 4.78 is 33.5. The van der Waals surface area contributed by atoms with Gasteiger partial charge in [-0.3, -0.25) is 4.79 Å². The Morgan fingerprint density at radius 2 is 1.50 bits per heavy atom. The van der Waals surface area contributed by atoms with E-state index in [-0.39, 0.29) is 11.3 Å². The largest absolute Gasteiger partial charge is 0.494 e. The molecule has 2 N–H and O–H groups in total. The van der Waals surface area contributed by atoms with Crippen molar-refractivity contribution in [1.82, 2.24) is 4.72 Å². The summed E-state index contributed by atoms with van der Waals surface area (Å²) >= 11 is 0. The minimum atomic E-state index is -3.86. The second-order valence-electron chi connectivity index (χ2n) is 6.62. The first-order chi connectivity index (χ1) is 14.5. The summed E-state index contributed by atoms with van der Waals surface area (Å²) in [5.41, 5.74) is 1.40. The van der Waals surface area contributed by atoms with Gasteiger partial charge >= 0.3 is 0 Å². The number of hydrogen-bond acceptors (Lipinski definition) is 4. The van der Waals surface area contributed by atoms with E-state index in [1.807, 2.05) is 37.3 Å². The molecule has 3 rings (SSSR count). The lowest BCUT2D eigenvalue weighted by Gasteiger charge is -2.19. The highest BCUT2D eigenvalue weighted by Crippen LogP contribution is 2.17. The Balaban J connectivity index is 1.80. The lowest BCUT2D eigenvalue weighted by atomic mass is 10.1. The first kappa shape index (κ1) is 21.5. The highest BCUT2D eigenvalue weighted by Gasteiger charge is 2.26. The molecule has 3 aromatic rings. The standard InChI is InChI=1S/C23H24N2O4S/c1-2-29-20-15-13-19(14-16-20)24-23(26)22(17-18-9-5-3-6-10-18)25-30(27,28)21-11-7-4-8-12-21/h3-16,22,25H,2,17H2,1H3,(H,24,26)/t22-/m1/s1. The molecule has 0 aliphatic rings. The fourth-order valence-electron chi connectivity index (χ4n) is 2.92. The first-order valence-corrected chi connectivity index (χ1v) is 11.1. The van der Waals surface area contributed by atoms with Crippen LogP contribution in [0, 0.1) is 0 Å². The van der Waals surface area contributed by atoms with Crippen LogP contribution >= 0.6 is 0 Å². The lowest BCUT2D eigenvalue weighted by molar-refractivity contribution is -0.117. The zero-order valence-electron chi connectivity index (χ0n) is 16.6. The van der Waals surface area contributed by atoms with Crippen molar-refractivity contribution >= 4 is 21.6 Å². The number of sulfonamides is 1. The molecule has 0 saturated carbocycles. The molecule has 30 heavy (non-hydrogen) atoms. The van der Waals surface area contributed by atoms with Crippen LogP contribution in [-0.2, 0) is 21.2 Å². The number of hydrogen-bond donors (Lipinski definition) is 2. The van der Waals surface area contributed by atoms with Crippen molar-refractivity contribution in [2.45, 2.75) is 24.3 Å². The van der Waals surface area contributed by atoms with E-state index in [0.717, 1.165) is 5.56 Å². The minimum absolute atomic E-state index is 0.108. The maximum atomic E-state index is 13.0. The van der Waals surface area contributed by atoms with Crippen molar-refractivity contribution in [2.75, 3.05) is 11.9 Å². The van der Waals surface area contributed by atoms with E-state index < -0.39 is 22.0 Å². The molecule has 3 aromatic carbocycles. The Hall–Kier alpha value is -3.16. The van der Waals surface area contributed by atoms with Crippen LogP contribution in [0.3, 0.4) is 0 Å². The van der Waals surface area contributed by atoms with E-state index in [4.69, 9.17) is 4.74 Å². The maximum Gasteiger partial charge on any atom is 0.242 e. The van der Waals surface area contributed by atoms with Crippen LogP contribution in [0.5, 0.6) is 5.75 Å². The summed E-state index contributed by atoms with van der Waals surface area (Å²) in [6.07, 6.45) is 0.218. The molecule has 7 heteroatoms. The molecule has 0 bridgehead atoms. The van der Waals surface area contributed by atoms with Crippen LogP contribution < -0.4 is 14.8 Å². The first-order valence-electron chi connectivity index (χ1n) is 9.63. The average molecular weight is 425 g/mol. The second kappa shape index (κ2) is 10.0. The normalized spacial score (nSPS) is 12.2. The van der Waals surface area contributed by atoms with Gasteiger partial charge in [0.05, 0.1) is 11.5 Å². The maximum absolute atomic E-state index is 13.0. The number of ether oxygens (including phenoxy) is 1. The highest BCUT2D eigenvalue weighted by atomic mass is 32.2. The van der Waals surface area contributed by atoms with Gasteiger partial charge in [-0.1, -0.05) is 48.5 Å². The number of anilines is 1. The second-order valence-corrected chi connectivity index (χ2v) is 8.34. The topological polar surface area (TPSA) is 84.5 Å². The molecule has 0 heterocycles. The van der Waals surface area contributed by atoms with Gasteiger partial charge < -0.3 is 10.1 Å². The number of rotatable bonds is 9. The number of carbonyl (C=O) groups excluding carboxylic acids is 1. The molecule has 1 amide bonds. The summed E-state index contributed by atoms with van der Waals surface area (Å²) in [4.78, 5) is 13.1. The fraction of sp³-hybridized carbons (Fsp3) is 0.174. The lowest BCUT2D eigenvalue weighted by Crippen LogP contribution is -2.45. The average Bonchev–Trinajstić information content (AvgIpc) is 2.76. The Morgan fingerprint density at radius 1 is 0.900 bits per heavy atom. The molecule has 1 atom stereocenters. The summed E-state index contributed by atoms with van der Waals surface area (Å²) in [5.74, 6) is 0.253.